The Bertz CT molecular complexity index is 378. The summed E-state index contributed by atoms with van der Waals surface area (Å²) >= 11 is 0. The molecule has 0 atom stereocenters. The van der Waals surface area contributed by atoms with E-state index in [4.69, 9.17) is 4.74 Å². The van der Waals surface area contributed by atoms with E-state index in [9.17, 15) is 9.90 Å². The number of nitrogens with one attached hydrogen (secondary N) is 1. The van der Waals surface area contributed by atoms with E-state index in [-0.39, 0.29) is 11.5 Å². The quantitative estimate of drug-likeness (QED) is 0.815. The molecule has 2 rings (SSSR count). The van der Waals surface area contributed by atoms with E-state index in [0.29, 0.717) is 12.5 Å². The Hall–Kier alpha value is -0.810. The Labute approximate surface area is 140 Å². The minimum atomic E-state index is -0.421. The monoisotopic (exact) mass is 326 g/mol. The molecule has 1 amide bonds. The van der Waals surface area contributed by atoms with Gasteiger partial charge in [-0.25, -0.2) is 4.79 Å². The number of carbonyl (C=O) groups is 1. The minimum absolute atomic E-state index is 0.122. The van der Waals surface area contributed by atoms with Crippen LogP contribution < -0.4 is 5.32 Å². The van der Waals surface area contributed by atoms with Crippen molar-refractivity contribution in [2.75, 3.05) is 32.8 Å². The van der Waals surface area contributed by atoms with Crippen molar-refractivity contribution in [1.82, 2.24) is 10.2 Å². The Morgan fingerprint density at radius 3 is 2.39 bits per heavy atom. The third-order valence-electron chi connectivity index (χ3n) is 5.20. The van der Waals surface area contributed by atoms with E-state index in [0.717, 1.165) is 51.9 Å². The van der Waals surface area contributed by atoms with Crippen molar-refractivity contribution in [1.29, 1.82) is 0 Å². The lowest BCUT2D eigenvalue weighted by Gasteiger charge is -2.34. The number of aliphatic hydroxyl groups excluding tert-OH is 1. The molecule has 1 saturated heterocycles. The predicted octanol–water partition coefficient (Wildman–Crippen LogP) is 2.78. The van der Waals surface area contributed by atoms with Gasteiger partial charge >= 0.3 is 6.09 Å². The van der Waals surface area contributed by atoms with Crippen LogP contribution in [0.2, 0.25) is 0 Å². The highest BCUT2D eigenvalue weighted by Crippen LogP contribution is 2.37. The van der Waals surface area contributed by atoms with Crippen LogP contribution >= 0.6 is 0 Å². The van der Waals surface area contributed by atoms with Gasteiger partial charge in [-0.15, -0.1) is 0 Å². The Morgan fingerprint density at radius 2 is 1.87 bits per heavy atom. The predicted molar refractivity (Wildman–Crippen MR) is 91.4 cm³/mol. The number of hydrogen-bond acceptors (Lipinski definition) is 4. The number of piperidine rings is 1. The molecule has 5 nitrogen and oxygen atoms in total. The van der Waals surface area contributed by atoms with E-state index in [1.54, 1.807) is 0 Å². The van der Waals surface area contributed by atoms with Crippen molar-refractivity contribution in [3.8, 4) is 0 Å². The molecular weight excluding hydrogens is 292 g/mol. The summed E-state index contributed by atoms with van der Waals surface area (Å²) in [6, 6.07) is 0. The molecule has 23 heavy (non-hydrogen) atoms. The van der Waals surface area contributed by atoms with Crippen LogP contribution in [0.3, 0.4) is 0 Å². The lowest BCUT2D eigenvalue weighted by molar-refractivity contribution is 0.0182. The number of carbonyl (C=O) groups excluding carboxylic acids is 1. The van der Waals surface area contributed by atoms with Crippen molar-refractivity contribution in [3.05, 3.63) is 0 Å². The molecule has 1 aliphatic heterocycles. The van der Waals surface area contributed by atoms with Crippen molar-refractivity contribution in [2.24, 2.45) is 11.3 Å². The molecule has 2 aliphatic rings. The van der Waals surface area contributed by atoms with Gasteiger partial charge in [-0.2, -0.15) is 0 Å². The zero-order valence-corrected chi connectivity index (χ0v) is 15.1. The normalized spacial score (nSPS) is 22.3. The average Bonchev–Trinajstić information content (AvgIpc) is 2.95. The van der Waals surface area contributed by atoms with Crippen LogP contribution in [0.4, 0.5) is 4.79 Å². The molecule has 0 aromatic heterocycles. The smallest absolute Gasteiger partial charge is 0.410 e. The SMILES string of the molecule is CC(C)(C)OC(=O)N1CCC(CNCC2(CO)CCCC2)CC1. The molecule has 1 heterocycles. The first-order valence-electron chi connectivity index (χ1n) is 9.13. The first-order valence-corrected chi connectivity index (χ1v) is 9.13. The second-order valence-electron chi connectivity index (χ2n) is 8.41. The molecular formula is C18H34N2O3. The van der Waals surface area contributed by atoms with Crippen LogP contribution in [0.1, 0.15) is 59.3 Å². The summed E-state index contributed by atoms with van der Waals surface area (Å²) in [5.74, 6) is 0.617. The van der Waals surface area contributed by atoms with Gasteiger partial charge in [0.2, 0.25) is 0 Å². The number of amides is 1. The largest absolute Gasteiger partial charge is 0.444 e. The van der Waals surface area contributed by atoms with Crippen LogP contribution in [0.25, 0.3) is 0 Å². The van der Waals surface area contributed by atoms with Gasteiger partial charge in [0.15, 0.2) is 0 Å². The summed E-state index contributed by atoms with van der Waals surface area (Å²) in [5, 5.41) is 13.2. The molecule has 2 N–H and O–H groups in total. The molecule has 134 valence electrons. The number of likely N-dealkylation sites (tertiary alicyclic amines) is 1. The van der Waals surface area contributed by atoms with Crippen LogP contribution in [0.15, 0.2) is 0 Å². The zero-order chi connectivity index (χ0) is 16.9. The maximum atomic E-state index is 12.0. The fraction of sp³-hybridized carbons (Fsp3) is 0.944. The number of nitrogens with zero attached hydrogens (tertiary/aromatic N) is 1. The van der Waals surface area contributed by atoms with Crippen molar-refractivity contribution in [2.45, 2.75) is 64.9 Å². The van der Waals surface area contributed by atoms with E-state index < -0.39 is 5.60 Å². The Morgan fingerprint density at radius 1 is 1.26 bits per heavy atom. The fourth-order valence-electron chi connectivity index (χ4n) is 3.70. The standard InChI is InChI=1S/C18H34N2O3/c1-17(2,3)23-16(22)20-10-6-15(7-11-20)12-19-13-18(14-21)8-4-5-9-18/h15,19,21H,4-14H2,1-3H3. The molecule has 0 aromatic carbocycles. The summed E-state index contributed by atoms with van der Waals surface area (Å²) < 4.78 is 5.43. The molecule has 0 aromatic rings. The molecule has 1 saturated carbocycles. The van der Waals surface area contributed by atoms with Crippen LogP contribution in [0.5, 0.6) is 0 Å². The number of hydrogen-bond donors (Lipinski definition) is 2. The van der Waals surface area contributed by atoms with Gasteiger partial charge in [-0.05, 0) is 58.9 Å². The molecule has 1 aliphatic carbocycles. The number of rotatable bonds is 5. The summed E-state index contributed by atoms with van der Waals surface area (Å²) in [6.07, 6.45) is 6.65. The van der Waals surface area contributed by atoms with Gasteiger partial charge in [-0.3, -0.25) is 0 Å². The van der Waals surface area contributed by atoms with Gasteiger partial charge in [0.05, 0.1) is 0 Å². The van der Waals surface area contributed by atoms with E-state index in [2.05, 4.69) is 5.32 Å². The van der Waals surface area contributed by atoms with Crippen LogP contribution in [0, 0.1) is 11.3 Å². The molecule has 0 spiro atoms. The highest BCUT2D eigenvalue weighted by atomic mass is 16.6. The summed E-state index contributed by atoms with van der Waals surface area (Å²) in [6.45, 7) is 9.50. The van der Waals surface area contributed by atoms with Gasteiger partial charge in [-0.1, -0.05) is 12.8 Å². The molecule has 2 fully saturated rings. The van der Waals surface area contributed by atoms with Crippen molar-refractivity contribution < 1.29 is 14.6 Å². The van der Waals surface area contributed by atoms with Crippen molar-refractivity contribution >= 4 is 6.09 Å². The fourth-order valence-corrected chi connectivity index (χ4v) is 3.70. The van der Waals surface area contributed by atoms with Crippen LogP contribution in [-0.2, 0) is 4.74 Å². The van der Waals surface area contributed by atoms with Gasteiger partial charge in [0.1, 0.15) is 5.60 Å². The maximum absolute atomic E-state index is 12.0. The molecule has 0 radical (unpaired) electrons. The Kier molecular flexibility index (Phi) is 6.32. The zero-order valence-electron chi connectivity index (χ0n) is 15.1. The second-order valence-corrected chi connectivity index (χ2v) is 8.41. The van der Waals surface area contributed by atoms with Gasteiger partial charge in [0, 0.05) is 31.7 Å². The van der Waals surface area contributed by atoms with E-state index in [1.165, 1.54) is 12.8 Å². The highest BCUT2D eigenvalue weighted by Gasteiger charge is 2.33. The van der Waals surface area contributed by atoms with Crippen LogP contribution in [-0.4, -0.2) is 54.5 Å². The van der Waals surface area contributed by atoms with Crippen molar-refractivity contribution in [3.63, 3.8) is 0 Å². The highest BCUT2D eigenvalue weighted by molar-refractivity contribution is 5.68. The summed E-state index contributed by atoms with van der Waals surface area (Å²) in [5.41, 5.74) is -0.299. The average molecular weight is 326 g/mol. The first-order chi connectivity index (χ1) is 10.8. The third kappa shape index (κ3) is 5.64. The van der Waals surface area contributed by atoms with E-state index >= 15 is 0 Å². The second kappa shape index (κ2) is 7.84. The molecule has 0 unspecified atom stereocenters. The third-order valence-corrected chi connectivity index (χ3v) is 5.20. The number of aliphatic hydroxyl groups is 1. The lowest BCUT2D eigenvalue weighted by atomic mass is 9.87. The minimum Gasteiger partial charge on any atom is -0.444 e. The van der Waals surface area contributed by atoms with E-state index in [1.807, 2.05) is 25.7 Å². The molecule has 0 bridgehead atoms. The number of ether oxygens (including phenoxy) is 1. The van der Waals surface area contributed by atoms with Gasteiger partial charge < -0.3 is 20.1 Å². The lowest BCUT2D eigenvalue weighted by Crippen LogP contribution is -2.44. The topological polar surface area (TPSA) is 61.8 Å². The molecule has 5 heteroatoms. The maximum Gasteiger partial charge on any atom is 0.410 e. The summed E-state index contributed by atoms with van der Waals surface area (Å²) in [4.78, 5) is 13.9. The Balaban J connectivity index is 1.66. The first kappa shape index (κ1) is 18.5. The summed E-state index contributed by atoms with van der Waals surface area (Å²) in [7, 11) is 0. The van der Waals surface area contributed by atoms with Gasteiger partial charge in [0.25, 0.3) is 0 Å².